The van der Waals surface area contributed by atoms with Gasteiger partial charge >= 0.3 is 5.97 Å². The Bertz CT molecular complexity index is 921. The fraction of sp³-hybridized carbons (Fsp3) is 0.158. The maximum atomic E-state index is 12.2. The Morgan fingerprint density at radius 3 is 2.18 bits per heavy atom. The van der Waals surface area contributed by atoms with Gasteiger partial charge in [0.15, 0.2) is 11.5 Å². The summed E-state index contributed by atoms with van der Waals surface area (Å²) in [7, 11) is 4.07. The first kappa shape index (κ1) is 20.4. The molecule has 0 bridgehead atoms. The molecule has 0 saturated carbocycles. The lowest BCUT2D eigenvalue weighted by Gasteiger charge is -2.14. The van der Waals surface area contributed by atoms with Gasteiger partial charge in [-0.3, -0.25) is 14.9 Å². The van der Waals surface area contributed by atoms with Crippen molar-refractivity contribution >= 4 is 29.3 Å². The van der Waals surface area contributed by atoms with Crippen molar-refractivity contribution in [2.24, 2.45) is 0 Å². The number of methoxy groups -OCH3 is 3. The van der Waals surface area contributed by atoms with Gasteiger partial charge in [-0.15, -0.1) is 0 Å². The molecule has 0 fully saturated rings. The third kappa shape index (κ3) is 4.85. The fourth-order valence-electron chi connectivity index (χ4n) is 2.31. The highest BCUT2D eigenvalue weighted by atomic mass is 16.6. The van der Waals surface area contributed by atoms with Crippen LogP contribution in [0.5, 0.6) is 11.5 Å². The molecule has 0 heterocycles. The summed E-state index contributed by atoms with van der Waals surface area (Å²) in [6.45, 7) is 0. The maximum Gasteiger partial charge on any atom is 0.340 e. The van der Waals surface area contributed by atoms with E-state index in [0.717, 1.165) is 0 Å². The van der Waals surface area contributed by atoms with E-state index in [0.29, 0.717) is 17.1 Å². The maximum absolute atomic E-state index is 12.2. The average Bonchev–Trinajstić information content (AvgIpc) is 2.71. The number of nitrogens with one attached hydrogen (secondary N) is 1. The number of non-ortho nitro benzene ring substituents is 1. The summed E-state index contributed by atoms with van der Waals surface area (Å²) in [6, 6.07) is 8.54. The first-order valence-electron chi connectivity index (χ1n) is 7.97. The van der Waals surface area contributed by atoms with Crippen molar-refractivity contribution in [1.82, 2.24) is 0 Å². The SMILES string of the molecule is COC(=O)c1cc(OC)c(OC)cc1NC(=O)/C=C/c1ccc([N+](=O)[O-])cc1. The monoisotopic (exact) mass is 386 g/mol. The van der Waals surface area contributed by atoms with Gasteiger partial charge in [-0.05, 0) is 23.8 Å². The molecule has 0 aliphatic heterocycles. The van der Waals surface area contributed by atoms with E-state index in [2.05, 4.69) is 5.32 Å². The molecule has 0 spiro atoms. The minimum Gasteiger partial charge on any atom is -0.493 e. The minimum atomic E-state index is -0.657. The molecule has 0 atom stereocenters. The Labute approximate surface area is 160 Å². The zero-order valence-electron chi connectivity index (χ0n) is 15.4. The van der Waals surface area contributed by atoms with Gasteiger partial charge in [0.2, 0.25) is 5.91 Å². The molecule has 0 aliphatic rings. The van der Waals surface area contributed by atoms with E-state index < -0.39 is 16.8 Å². The Hall–Kier alpha value is -3.88. The Morgan fingerprint density at radius 2 is 1.64 bits per heavy atom. The highest BCUT2D eigenvalue weighted by Gasteiger charge is 2.18. The predicted octanol–water partition coefficient (Wildman–Crippen LogP) is 3.05. The molecule has 2 aromatic carbocycles. The Kier molecular flexibility index (Phi) is 6.69. The van der Waals surface area contributed by atoms with E-state index in [9.17, 15) is 19.7 Å². The van der Waals surface area contributed by atoms with Crippen LogP contribution in [0.1, 0.15) is 15.9 Å². The van der Waals surface area contributed by atoms with Gasteiger partial charge in [0, 0.05) is 30.3 Å². The van der Waals surface area contributed by atoms with Crippen LogP contribution in [-0.4, -0.2) is 38.1 Å². The predicted molar refractivity (Wildman–Crippen MR) is 102 cm³/mol. The summed E-state index contributed by atoms with van der Waals surface area (Å²) in [4.78, 5) is 34.4. The van der Waals surface area contributed by atoms with Crippen molar-refractivity contribution in [3.63, 3.8) is 0 Å². The molecule has 2 rings (SSSR count). The molecule has 28 heavy (non-hydrogen) atoms. The first-order valence-corrected chi connectivity index (χ1v) is 7.97. The van der Waals surface area contributed by atoms with Crippen LogP contribution in [0.4, 0.5) is 11.4 Å². The highest BCUT2D eigenvalue weighted by molar-refractivity contribution is 6.07. The van der Waals surface area contributed by atoms with Crippen LogP contribution in [0.3, 0.4) is 0 Å². The summed E-state index contributed by atoms with van der Waals surface area (Å²) >= 11 is 0. The molecule has 0 aliphatic carbocycles. The molecule has 0 saturated heterocycles. The second-order valence-electron chi connectivity index (χ2n) is 5.42. The van der Waals surface area contributed by atoms with Crippen molar-refractivity contribution in [1.29, 1.82) is 0 Å². The highest BCUT2D eigenvalue weighted by Crippen LogP contribution is 2.33. The van der Waals surface area contributed by atoms with Crippen LogP contribution in [0, 0.1) is 10.1 Å². The zero-order valence-corrected chi connectivity index (χ0v) is 15.4. The van der Waals surface area contributed by atoms with Gasteiger partial charge in [-0.2, -0.15) is 0 Å². The largest absolute Gasteiger partial charge is 0.493 e. The number of nitro benzene ring substituents is 1. The molecule has 1 amide bonds. The van der Waals surface area contributed by atoms with Gasteiger partial charge in [0.25, 0.3) is 5.69 Å². The smallest absolute Gasteiger partial charge is 0.340 e. The van der Waals surface area contributed by atoms with Gasteiger partial charge in [-0.1, -0.05) is 0 Å². The molecule has 9 heteroatoms. The fourth-order valence-corrected chi connectivity index (χ4v) is 2.31. The number of ether oxygens (including phenoxy) is 3. The molecule has 1 N–H and O–H groups in total. The van der Waals surface area contributed by atoms with E-state index in [1.165, 1.54) is 69.9 Å². The van der Waals surface area contributed by atoms with Crippen molar-refractivity contribution in [3.8, 4) is 11.5 Å². The number of nitro groups is 1. The summed E-state index contributed by atoms with van der Waals surface area (Å²) in [6.07, 6.45) is 2.72. The van der Waals surface area contributed by atoms with E-state index in [-0.39, 0.29) is 16.9 Å². The molecule has 0 aromatic heterocycles. The van der Waals surface area contributed by atoms with Crippen molar-refractivity contribution < 1.29 is 28.7 Å². The number of benzene rings is 2. The van der Waals surface area contributed by atoms with E-state index >= 15 is 0 Å². The summed E-state index contributed by atoms with van der Waals surface area (Å²) < 4.78 is 15.1. The van der Waals surface area contributed by atoms with E-state index in [1.807, 2.05) is 0 Å². The lowest BCUT2D eigenvalue weighted by Crippen LogP contribution is -2.13. The molecular weight excluding hydrogens is 368 g/mol. The molecule has 9 nitrogen and oxygen atoms in total. The van der Waals surface area contributed by atoms with Gasteiger partial charge in [0.1, 0.15) is 0 Å². The number of rotatable bonds is 7. The summed E-state index contributed by atoms with van der Waals surface area (Å²) in [5.74, 6) is -0.543. The zero-order chi connectivity index (χ0) is 20.7. The van der Waals surface area contributed by atoms with Crippen LogP contribution < -0.4 is 14.8 Å². The topological polar surface area (TPSA) is 117 Å². The number of esters is 1. The number of carbonyl (C=O) groups excluding carboxylic acids is 2. The third-order valence-electron chi connectivity index (χ3n) is 3.72. The molecule has 0 radical (unpaired) electrons. The second-order valence-corrected chi connectivity index (χ2v) is 5.42. The Balaban J connectivity index is 2.24. The number of anilines is 1. The summed E-state index contributed by atoms with van der Waals surface area (Å²) in [5.41, 5.74) is 0.830. The van der Waals surface area contributed by atoms with Crippen LogP contribution in [0.2, 0.25) is 0 Å². The van der Waals surface area contributed by atoms with E-state index in [4.69, 9.17) is 14.2 Å². The molecule has 0 unspecified atom stereocenters. The average molecular weight is 386 g/mol. The Morgan fingerprint density at radius 1 is 1.04 bits per heavy atom. The number of nitrogens with zero attached hydrogens (tertiary/aromatic N) is 1. The normalized spacial score (nSPS) is 10.4. The van der Waals surface area contributed by atoms with Crippen LogP contribution in [0.15, 0.2) is 42.5 Å². The van der Waals surface area contributed by atoms with Crippen LogP contribution in [-0.2, 0) is 9.53 Å². The molecule has 2 aromatic rings. The number of hydrogen-bond donors (Lipinski definition) is 1. The van der Waals surface area contributed by atoms with Gasteiger partial charge < -0.3 is 19.5 Å². The van der Waals surface area contributed by atoms with Crippen molar-refractivity contribution in [3.05, 3.63) is 63.7 Å². The third-order valence-corrected chi connectivity index (χ3v) is 3.72. The van der Waals surface area contributed by atoms with Crippen LogP contribution >= 0.6 is 0 Å². The van der Waals surface area contributed by atoms with Crippen molar-refractivity contribution in [2.75, 3.05) is 26.6 Å². The quantitative estimate of drug-likeness (QED) is 0.336. The lowest BCUT2D eigenvalue weighted by atomic mass is 10.1. The first-order chi connectivity index (χ1) is 13.4. The summed E-state index contributed by atoms with van der Waals surface area (Å²) in [5, 5.41) is 13.2. The lowest BCUT2D eigenvalue weighted by molar-refractivity contribution is -0.384. The minimum absolute atomic E-state index is 0.0466. The molecule has 146 valence electrons. The second kappa shape index (κ2) is 9.17. The van der Waals surface area contributed by atoms with Crippen LogP contribution in [0.25, 0.3) is 6.08 Å². The standard InChI is InChI=1S/C19H18N2O7/c1-26-16-10-14(19(23)28-3)15(11-17(16)27-2)20-18(22)9-6-12-4-7-13(8-5-12)21(24)25/h4-11H,1-3H3,(H,20,22)/b9-6+. The van der Waals surface area contributed by atoms with Crippen molar-refractivity contribution in [2.45, 2.75) is 0 Å². The number of carbonyl (C=O) groups is 2. The van der Waals surface area contributed by atoms with Gasteiger partial charge in [-0.25, -0.2) is 4.79 Å². The van der Waals surface area contributed by atoms with E-state index in [1.54, 1.807) is 0 Å². The number of amides is 1. The number of hydrogen-bond acceptors (Lipinski definition) is 7. The molecular formula is C19H18N2O7. The van der Waals surface area contributed by atoms with Gasteiger partial charge in [0.05, 0.1) is 37.5 Å².